The maximum absolute atomic E-state index is 12.9. The molecular formula is C23H28N2O5. The Bertz CT molecular complexity index is 815. The number of hydrogen-bond acceptors (Lipinski definition) is 5. The van der Waals surface area contributed by atoms with Crippen molar-refractivity contribution in [3.05, 3.63) is 71.8 Å². The molecule has 1 fully saturated rings. The first kappa shape index (κ1) is 21.8. The average Bonchev–Trinajstić information content (AvgIpc) is 2.79. The summed E-state index contributed by atoms with van der Waals surface area (Å²) in [6.45, 7) is 3.29. The van der Waals surface area contributed by atoms with Gasteiger partial charge in [-0.15, -0.1) is 0 Å². The monoisotopic (exact) mass is 412 g/mol. The molecule has 0 saturated carbocycles. The zero-order valence-corrected chi connectivity index (χ0v) is 17.1. The predicted molar refractivity (Wildman–Crippen MR) is 111 cm³/mol. The summed E-state index contributed by atoms with van der Waals surface area (Å²) >= 11 is 0. The Morgan fingerprint density at radius 2 is 1.60 bits per heavy atom. The number of amides is 1. The standard InChI is InChI=1S/C23H28N2O5/c1-2-24-15-20(13-14-21(24)22(26)27)25(30-17-19-11-7-4-8-12-19)23(28)29-16-18-9-5-3-6-10-18/h3-12,20-21H,2,13-17H2,1H3,(H,26,27)/t20-,21+/m1/s1. The number of nitrogens with zero attached hydrogens (tertiary/aromatic N) is 2. The van der Waals surface area contributed by atoms with Gasteiger partial charge < -0.3 is 9.84 Å². The van der Waals surface area contributed by atoms with Crippen LogP contribution in [-0.4, -0.2) is 52.3 Å². The van der Waals surface area contributed by atoms with Gasteiger partial charge in [-0.3, -0.25) is 14.5 Å². The zero-order valence-electron chi connectivity index (χ0n) is 17.1. The van der Waals surface area contributed by atoms with Crippen molar-refractivity contribution < 1.29 is 24.3 Å². The number of carboxylic acid groups (broad SMARTS) is 1. The van der Waals surface area contributed by atoms with Gasteiger partial charge in [0.25, 0.3) is 0 Å². The molecule has 0 radical (unpaired) electrons. The van der Waals surface area contributed by atoms with Crippen molar-refractivity contribution in [1.82, 2.24) is 9.96 Å². The first-order valence-corrected chi connectivity index (χ1v) is 10.2. The highest BCUT2D eigenvalue weighted by atomic mass is 16.7. The number of carbonyl (C=O) groups excluding carboxylic acids is 1. The third kappa shape index (κ3) is 5.81. The van der Waals surface area contributed by atoms with Crippen molar-refractivity contribution in [3.63, 3.8) is 0 Å². The number of piperidine rings is 1. The van der Waals surface area contributed by atoms with Crippen molar-refractivity contribution in [1.29, 1.82) is 0 Å². The molecular weight excluding hydrogens is 384 g/mol. The maximum Gasteiger partial charge on any atom is 0.434 e. The van der Waals surface area contributed by atoms with Crippen LogP contribution in [0.25, 0.3) is 0 Å². The molecule has 2 aromatic carbocycles. The molecule has 1 amide bonds. The van der Waals surface area contributed by atoms with E-state index in [1.165, 1.54) is 5.06 Å². The summed E-state index contributed by atoms with van der Waals surface area (Å²) in [7, 11) is 0. The number of aliphatic carboxylic acids is 1. The Labute approximate surface area is 176 Å². The highest BCUT2D eigenvalue weighted by molar-refractivity contribution is 5.73. The molecule has 1 aliphatic rings. The van der Waals surface area contributed by atoms with Crippen LogP contribution in [0.4, 0.5) is 4.79 Å². The molecule has 0 spiro atoms. The van der Waals surface area contributed by atoms with Crippen molar-refractivity contribution in [2.75, 3.05) is 13.1 Å². The Balaban J connectivity index is 1.69. The number of likely N-dealkylation sites (N-methyl/N-ethyl adjacent to an activating group) is 1. The second kappa shape index (κ2) is 10.8. The van der Waals surface area contributed by atoms with E-state index >= 15 is 0 Å². The zero-order chi connectivity index (χ0) is 21.3. The predicted octanol–water partition coefficient (Wildman–Crippen LogP) is 3.69. The van der Waals surface area contributed by atoms with Crippen LogP contribution in [0, 0.1) is 0 Å². The van der Waals surface area contributed by atoms with Crippen molar-refractivity contribution in [3.8, 4) is 0 Å². The lowest BCUT2D eigenvalue weighted by Crippen LogP contribution is -2.55. The summed E-state index contributed by atoms with van der Waals surface area (Å²) in [5.41, 5.74) is 1.82. The van der Waals surface area contributed by atoms with Gasteiger partial charge in [0.1, 0.15) is 19.3 Å². The van der Waals surface area contributed by atoms with E-state index in [0.29, 0.717) is 25.9 Å². The highest BCUT2D eigenvalue weighted by Gasteiger charge is 2.37. The van der Waals surface area contributed by atoms with E-state index in [9.17, 15) is 14.7 Å². The molecule has 0 bridgehead atoms. The van der Waals surface area contributed by atoms with Gasteiger partial charge >= 0.3 is 12.1 Å². The Hall–Kier alpha value is -2.90. The molecule has 0 aromatic heterocycles. The van der Waals surface area contributed by atoms with Crippen LogP contribution in [0.3, 0.4) is 0 Å². The van der Waals surface area contributed by atoms with E-state index in [0.717, 1.165) is 11.1 Å². The number of rotatable bonds is 8. The number of likely N-dealkylation sites (tertiary alicyclic amines) is 1. The summed E-state index contributed by atoms with van der Waals surface area (Å²) < 4.78 is 5.50. The number of carboxylic acids is 1. The van der Waals surface area contributed by atoms with Gasteiger partial charge in [-0.2, -0.15) is 5.06 Å². The lowest BCUT2D eigenvalue weighted by Gasteiger charge is -2.40. The number of benzene rings is 2. The van der Waals surface area contributed by atoms with Crippen LogP contribution in [0.5, 0.6) is 0 Å². The van der Waals surface area contributed by atoms with Gasteiger partial charge in [0.05, 0.1) is 6.04 Å². The van der Waals surface area contributed by atoms with Gasteiger partial charge in [-0.05, 0) is 30.5 Å². The molecule has 0 aliphatic carbocycles. The van der Waals surface area contributed by atoms with E-state index in [-0.39, 0.29) is 19.3 Å². The smallest absolute Gasteiger partial charge is 0.434 e. The van der Waals surface area contributed by atoms with Crippen LogP contribution in [0.1, 0.15) is 30.9 Å². The Morgan fingerprint density at radius 1 is 1.00 bits per heavy atom. The van der Waals surface area contributed by atoms with Gasteiger partial charge in [0, 0.05) is 6.54 Å². The number of hydroxylamine groups is 2. The number of ether oxygens (including phenoxy) is 1. The van der Waals surface area contributed by atoms with Gasteiger partial charge in [0.2, 0.25) is 0 Å². The van der Waals surface area contributed by atoms with Crippen molar-refractivity contribution >= 4 is 12.1 Å². The topological polar surface area (TPSA) is 79.3 Å². The molecule has 3 rings (SSSR count). The van der Waals surface area contributed by atoms with Gasteiger partial charge in [0.15, 0.2) is 0 Å². The summed E-state index contributed by atoms with van der Waals surface area (Å²) in [6, 6.07) is 18.2. The molecule has 2 aromatic rings. The van der Waals surface area contributed by atoms with Crippen LogP contribution in [0.2, 0.25) is 0 Å². The van der Waals surface area contributed by atoms with E-state index in [1.807, 2.05) is 72.5 Å². The molecule has 1 saturated heterocycles. The Morgan fingerprint density at radius 3 is 2.17 bits per heavy atom. The summed E-state index contributed by atoms with van der Waals surface area (Å²) in [5, 5.41) is 10.7. The van der Waals surface area contributed by atoms with Crippen LogP contribution in [0.15, 0.2) is 60.7 Å². The van der Waals surface area contributed by atoms with Crippen molar-refractivity contribution in [2.45, 2.75) is 45.1 Å². The molecule has 1 heterocycles. The first-order valence-electron chi connectivity index (χ1n) is 10.2. The minimum Gasteiger partial charge on any atom is -0.480 e. The third-order valence-electron chi connectivity index (χ3n) is 5.28. The Kier molecular flexibility index (Phi) is 7.82. The second-order valence-electron chi connectivity index (χ2n) is 7.30. The van der Waals surface area contributed by atoms with Crippen molar-refractivity contribution in [2.24, 2.45) is 0 Å². The molecule has 160 valence electrons. The summed E-state index contributed by atoms with van der Waals surface area (Å²) in [5.74, 6) is -0.835. The first-order chi connectivity index (χ1) is 14.6. The highest BCUT2D eigenvalue weighted by Crippen LogP contribution is 2.23. The molecule has 7 heteroatoms. The lowest BCUT2D eigenvalue weighted by molar-refractivity contribution is -0.185. The van der Waals surface area contributed by atoms with Crippen LogP contribution in [-0.2, 0) is 27.6 Å². The lowest BCUT2D eigenvalue weighted by atomic mass is 9.98. The minimum atomic E-state index is -0.835. The number of carbonyl (C=O) groups is 2. The molecule has 2 atom stereocenters. The molecule has 1 aliphatic heterocycles. The SMILES string of the molecule is CCN1C[C@H](N(OCc2ccccc2)C(=O)OCc2ccccc2)CC[C@H]1C(=O)O. The van der Waals surface area contributed by atoms with Gasteiger partial charge in [-0.1, -0.05) is 67.6 Å². The second-order valence-corrected chi connectivity index (χ2v) is 7.30. The molecule has 7 nitrogen and oxygen atoms in total. The average molecular weight is 412 g/mol. The molecule has 30 heavy (non-hydrogen) atoms. The van der Waals surface area contributed by atoms with Gasteiger partial charge in [-0.25, -0.2) is 4.79 Å². The molecule has 0 unspecified atom stereocenters. The summed E-state index contributed by atoms with van der Waals surface area (Å²) in [6.07, 6.45) is 0.415. The molecule has 1 N–H and O–H groups in total. The van der Waals surface area contributed by atoms with E-state index in [2.05, 4.69) is 0 Å². The largest absolute Gasteiger partial charge is 0.480 e. The minimum absolute atomic E-state index is 0.146. The van der Waals surface area contributed by atoms with Crippen LogP contribution >= 0.6 is 0 Å². The maximum atomic E-state index is 12.9. The van der Waals surface area contributed by atoms with Crippen LogP contribution < -0.4 is 0 Å². The van der Waals surface area contributed by atoms with E-state index in [1.54, 1.807) is 0 Å². The normalized spacial score (nSPS) is 19.2. The fourth-order valence-corrected chi connectivity index (χ4v) is 3.65. The number of hydrogen-bond donors (Lipinski definition) is 1. The quantitative estimate of drug-likeness (QED) is 0.666. The fraction of sp³-hybridized carbons (Fsp3) is 0.391. The third-order valence-corrected chi connectivity index (χ3v) is 5.28. The summed E-state index contributed by atoms with van der Waals surface area (Å²) in [4.78, 5) is 32.2. The van der Waals surface area contributed by atoms with E-state index in [4.69, 9.17) is 9.57 Å². The van der Waals surface area contributed by atoms with E-state index < -0.39 is 18.1 Å². The fourth-order valence-electron chi connectivity index (χ4n) is 3.65.